The fraction of sp³-hybridized carbons (Fsp3) is 0.407. The van der Waals surface area contributed by atoms with Crippen molar-refractivity contribution in [2.75, 3.05) is 31.5 Å². The van der Waals surface area contributed by atoms with E-state index in [1.807, 2.05) is 45.0 Å². The normalized spacial score (nSPS) is 17.1. The monoisotopic (exact) mass is 506 g/mol. The molecule has 2 heterocycles. The molecule has 3 N–H and O–H groups in total. The fourth-order valence-electron chi connectivity index (χ4n) is 4.34. The molecule has 2 amide bonds. The van der Waals surface area contributed by atoms with Gasteiger partial charge in [-0.2, -0.15) is 4.99 Å². The number of nitrogens with one attached hydrogen (secondary N) is 3. The van der Waals surface area contributed by atoms with Gasteiger partial charge in [-0.25, -0.2) is 9.18 Å². The summed E-state index contributed by atoms with van der Waals surface area (Å²) in [4.78, 5) is 35.4. The zero-order valence-corrected chi connectivity index (χ0v) is 21.2. The molecule has 1 aliphatic carbocycles. The number of ether oxygens (including phenoxy) is 1. The molecule has 9 nitrogen and oxygen atoms in total. The highest BCUT2D eigenvalue weighted by Crippen LogP contribution is 2.45. The molecule has 0 unspecified atom stereocenters. The highest BCUT2D eigenvalue weighted by molar-refractivity contribution is 6.08. The van der Waals surface area contributed by atoms with E-state index in [0.717, 1.165) is 24.0 Å². The number of carbonyl (C=O) groups is 2. The first kappa shape index (κ1) is 24.7. The number of anilines is 2. The Morgan fingerprint density at radius 1 is 1.16 bits per heavy atom. The second-order valence-electron chi connectivity index (χ2n) is 10.4. The van der Waals surface area contributed by atoms with E-state index < -0.39 is 23.4 Å². The molecule has 5 rings (SSSR count). The van der Waals surface area contributed by atoms with Crippen LogP contribution in [-0.2, 0) is 4.74 Å². The molecule has 2 aromatic carbocycles. The van der Waals surface area contributed by atoms with Gasteiger partial charge in [0.1, 0.15) is 17.3 Å². The summed E-state index contributed by atoms with van der Waals surface area (Å²) < 4.78 is 20.9. The number of rotatable bonds is 5. The summed E-state index contributed by atoms with van der Waals surface area (Å²) in [5.74, 6) is 0.111. The first-order valence-electron chi connectivity index (χ1n) is 12.5. The lowest BCUT2D eigenvalue weighted by molar-refractivity contribution is 0.0384. The topological polar surface area (TPSA) is 107 Å². The van der Waals surface area contributed by atoms with E-state index in [4.69, 9.17) is 4.74 Å². The van der Waals surface area contributed by atoms with Crippen LogP contribution in [0.5, 0.6) is 0 Å². The van der Waals surface area contributed by atoms with Gasteiger partial charge in [-0.3, -0.25) is 14.7 Å². The van der Waals surface area contributed by atoms with E-state index in [0.29, 0.717) is 49.3 Å². The van der Waals surface area contributed by atoms with Crippen molar-refractivity contribution in [2.24, 2.45) is 9.98 Å². The number of halogens is 1. The molecule has 0 spiro atoms. The summed E-state index contributed by atoms with van der Waals surface area (Å²) in [5.41, 5.74) is 2.08. The summed E-state index contributed by atoms with van der Waals surface area (Å²) in [5, 5.41) is 9.18. The van der Waals surface area contributed by atoms with Crippen LogP contribution in [0.3, 0.4) is 0 Å². The van der Waals surface area contributed by atoms with Crippen molar-refractivity contribution in [3.05, 3.63) is 58.9 Å². The lowest BCUT2D eigenvalue weighted by atomic mass is 10.0. The predicted molar refractivity (Wildman–Crippen MR) is 140 cm³/mol. The van der Waals surface area contributed by atoms with E-state index in [1.165, 1.54) is 11.0 Å². The standard InChI is InChI=1S/C27H31FN6O3/c1-27(2,3)37-26(36)34-12-11-29-23(34)17-5-4-6-19(13-17)32-22-20(16-7-8-16)14-18(15-21(22)28)24(35)33-25-30-9-10-31-25/h4-6,13-16,32H,7-12H2,1-3H3,(H2,30,31,33,35). The Bertz CT molecular complexity index is 1290. The van der Waals surface area contributed by atoms with Crippen molar-refractivity contribution in [2.45, 2.75) is 45.1 Å². The van der Waals surface area contributed by atoms with E-state index in [2.05, 4.69) is 25.9 Å². The maximum atomic E-state index is 15.4. The average molecular weight is 507 g/mol. The minimum atomic E-state index is -0.617. The minimum absolute atomic E-state index is 0.185. The smallest absolute Gasteiger partial charge is 0.416 e. The first-order chi connectivity index (χ1) is 17.7. The molecule has 2 aromatic rings. The van der Waals surface area contributed by atoms with Gasteiger partial charge in [0, 0.05) is 29.9 Å². The molecule has 1 saturated heterocycles. The third kappa shape index (κ3) is 5.73. The van der Waals surface area contributed by atoms with Crippen LogP contribution in [-0.4, -0.2) is 60.5 Å². The lowest BCUT2D eigenvalue weighted by Crippen LogP contribution is -2.39. The van der Waals surface area contributed by atoms with Crippen LogP contribution >= 0.6 is 0 Å². The number of aliphatic imine (C=N–C) groups is 2. The van der Waals surface area contributed by atoms with Crippen molar-refractivity contribution in [3.8, 4) is 0 Å². The summed E-state index contributed by atoms with van der Waals surface area (Å²) in [6.07, 6.45) is 1.42. The second-order valence-corrected chi connectivity index (χ2v) is 10.4. The van der Waals surface area contributed by atoms with Gasteiger partial charge in [0.05, 0.1) is 18.8 Å². The Morgan fingerprint density at radius 2 is 1.92 bits per heavy atom. The average Bonchev–Trinajstić information content (AvgIpc) is 3.33. The summed E-state index contributed by atoms with van der Waals surface area (Å²) in [7, 11) is 0. The molecule has 0 aromatic heterocycles. The molecular formula is C27H31FN6O3. The number of guanidine groups is 1. The van der Waals surface area contributed by atoms with Crippen molar-refractivity contribution >= 4 is 35.2 Å². The molecule has 2 aliphatic heterocycles. The van der Waals surface area contributed by atoms with Gasteiger partial charge in [-0.05, 0) is 69.4 Å². The molecule has 37 heavy (non-hydrogen) atoms. The fourth-order valence-corrected chi connectivity index (χ4v) is 4.34. The molecule has 194 valence electrons. The number of amides is 2. The van der Waals surface area contributed by atoms with Crippen LogP contribution in [0, 0.1) is 5.82 Å². The van der Waals surface area contributed by atoms with Gasteiger partial charge in [0.2, 0.25) is 0 Å². The maximum Gasteiger partial charge on any atom is 0.416 e. The summed E-state index contributed by atoms with van der Waals surface area (Å²) in [6, 6.07) is 10.3. The van der Waals surface area contributed by atoms with Crippen molar-refractivity contribution in [1.82, 2.24) is 15.5 Å². The molecule has 0 bridgehead atoms. The number of carbonyl (C=O) groups excluding carboxylic acids is 2. The van der Waals surface area contributed by atoms with Gasteiger partial charge in [0.25, 0.3) is 5.91 Å². The van der Waals surface area contributed by atoms with Crippen molar-refractivity contribution in [3.63, 3.8) is 0 Å². The number of nitrogens with zero attached hydrogens (tertiary/aromatic N) is 3. The Hall–Kier alpha value is -3.95. The molecule has 0 radical (unpaired) electrons. The van der Waals surface area contributed by atoms with Gasteiger partial charge in [0.15, 0.2) is 5.96 Å². The van der Waals surface area contributed by atoms with E-state index >= 15 is 4.39 Å². The van der Waals surface area contributed by atoms with E-state index in [1.54, 1.807) is 6.07 Å². The highest BCUT2D eigenvalue weighted by atomic mass is 19.1. The molecule has 1 saturated carbocycles. The van der Waals surface area contributed by atoms with Crippen LogP contribution in [0.4, 0.5) is 20.6 Å². The number of benzene rings is 2. The largest absolute Gasteiger partial charge is 0.443 e. The molecular weight excluding hydrogens is 475 g/mol. The summed E-state index contributed by atoms with van der Waals surface area (Å²) >= 11 is 0. The third-order valence-corrected chi connectivity index (χ3v) is 6.15. The molecule has 3 aliphatic rings. The predicted octanol–water partition coefficient (Wildman–Crippen LogP) is 4.13. The van der Waals surface area contributed by atoms with Crippen LogP contribution in [0.15, 0.2) is 46.4 Å². The van der Waals surface area contributed by atoms with Crippen LogP contribution in [0.1, 0.15) is 61.0 Å². The van der Waals surface area contributed by atoms with Gasteiger partial charge in [-0.15, -0.1) is 0 Å². The van der Waals surface area contributed by atoms with E-state index in [9.17, 15) is 9.59 Å². The quantitative estimate of drug-likeness (QED) is 0.563. The summed E-state index contributed by atoms with van der Waals surface area (Å²) in [6.45, 7) is 7.77. The number of amidine groups is 1. The lowest BCUT2D eigenvalue weighted by Gasteiger charge is -2.25. The van der Waals surface area contributed by atoms with Crippen LogP contribution in [0.25, 0.3) is 0 Å². The molecule has 10 heteroatoms. The van der Waals surface area contributed by atoms with Crippen LogP contribution < -0.4 is 16.0 Å². The maximum absolute atomic E-state index is 15.4. The number of hydrogen-bond donors (Lipinski definition) is 3. The van der Waals surface area contributed by atoms with Crippen molar-refractivity contribution < 1.29 is 18.7 Å². The van der Waals surface area contributed by atoms with Crippen LogP contribution in [0.2, 0.25) is 0 Å². The Kier molecular flexibility index (Phi) is 6.57. The Labute approximate surface area is 215 Å². The van der Waals surface area contributed by atoms with E-state index in [-0.39, 0.29) is 11.5 Å². The Balaban J connectivity index is 1.39. The zero-order valence-electron chi connectivity index (χ0n) is 21.2. The highest BCUT2D eigenvalue weighted by Gasteiger charge is 2.31. The zero-order chi connectivity index (χ0) is 26.2. The Morgan fingerprint density at radius 3 is 2.62 bits per heavy atom. The molecule has 2 fully saturated rings. The third-order valence-electron chi connectivity index (χ3n) is 6.15. The minimum Gasteiger partial charge on any atom is -0.443 e. The first-order valence-corrected chi connectivity index (χ1v) is 12.5. The van der Waals surface area contributed by atoms with Gasteiger partial charge in [-0.1, -0.05) is 12.1 Å². The van der Waals surface area contributed by atoms with Gasteiger partial charge >= 0.3 is 6.09 Å². The van der Waals surface area contributed by atoms with Crippen molar-refractivity contribution in [1.29, 1.82) is 0 Å². The second kappa shape index (κ2) is 9.84. The molecule has 0 atom stereocenters. The SMILES string of the molecule is CC(C)(C)OC(=O)N1CCN=C1c1cccc(Nc2c(F)cc(C(=O)N=C3NCCN3)cc2C2CC2)c1. The number of hydrogen-bond acceptors (Lipinski definition) is 5. The van der Waals surface area contributed by atoms with Gasteiger partial charge < -0.3 is 20.7 Å².